The van der Waals surface area contributed by atoms with E-state index in [1.165, 1.54) is 11.3 Å². The number of nitrogens with two attached hydrogens (primary N) is 1. The van der Waals surface area contributed by atoms with Crippen molar-refractivity contribution in [2.75, 3.05) is 0 Å². The Morgan fingerprint density at radius 2 is 2.10 bits per heavy atom. The van der Waals surface area contributed by atoms with Crippen molar-refractivity contribution in [1.29, 1.82) is 0 Å². The Morgan fingerprint density at radius 1 is 1.35 bits per heavy atom. The standard InChI is InChI=1S/C14H16ClN3OS/c15-8-1-6-11-12(7-8)20-14(18-11)13(19)17-10-4-2-9(16)3-5-10/h1,6-7,9-10H,2-5,16H2,(H,17,19). The number of benzene rings is 1. The number of hydrogen-bond acceptors (Lipinski definition) is 4. The van der Waals surface area contributed by atoms with E-state index in [1.807, 2.05) is 12.1 Å². The number of rotatable bonds is 2. The van der Waals surface area contributed by atoms with Gasteiger partial charge < -0.3 is 11.1 Å². The smallest absolute Gasteiger partial charge is 0.280 e. The summed E-state index contributed by atoms with van der Waals surface area (Å²) in [5.41, 5.74) is 6.68. The van der Waals surface area contributed by atoms with Crippen molar-refractivity contribution in [1.82, 2.24) is 10.3 Å². The van der Waals surface area contributed by atoms with E-state index < -0.39 is 0 Å². The molecule has 4 nitrogen and oxygen atoms in total. The Balaban J connectivity index is 1.72. The SMILES string of the molecule is NC1CCC(NC(=O)c2nc3ccc(Cl)cc3s2)CC1. The first-order chi connectivity index (χ1) is 9.61. The minimum absolute atomic E-state index is 0.0946. The minimum atomic E-state index is -0.0946. The maximum Gasteiger partial charge on any atom is 0.280 e. The molecule has 20 heavy (non-hydrogen) atoms. The summed E-state index contributed by atoms with van der Waals surface area (Å²) in [5.74, 6) is -0.0946. The second-order valence-electron chi connectivity index (χ2n) is 5.22. The summed E-state index contributed by atoms with van der Waals surface area (Å²) < 4.78 is 0.938. The van der Waals surface area contributed by atoms with Gasteiger partial charge in [0.05, 0.1) is 10.2 Å². The lowest BCUT2D eigenvalue weighted by Gasteiger charge is -2.26. The molecule has 1 aliphatic rings. The maximum absolute atomic E-state index is 12.2. The molecule has 0 unspecified atom stereocenters. The van der Waals surface area contributed by atoms with Gasteiger partial charge in [-0.15, -0.1) is 11.3 Å². The van der Waals surface area contributed by atoms with Gasteiger partial charge in [0.2, 0.25) is 0 Å². The fourth-order valence-electron chi connectivity index (χ4n) is 2.51. The Labute approximate surface area is 126 Å². The fourth-order valence-corrected chi connectivity index (χ4v) is 3.65. The van der Waals surface area contributed by atoms with Gasteiger partial charge in [0.25, 0.3) is 5.91 Å². The van der Waals surface area contributed by atoms with Crippen LogP contribution in [0.25, 0.3) is 10.2 Å². The highest BCUT2D eigenvalue weighted by Crippen LogP contribution is 2.25. The van der Waals surface area contributed by atoms with Crippen molar-refractivity contribution in [3.63, 3.8) is 0 Å². The molecule has 6 heteroatoms. The highest BCUT2D eigenvalue weighted by molar-refractivity contribution is 7.20. The van der Waals surface area contributed by atoms with Crippen LogP contribution in [-0.2, 0) is 0 Å². The molecule has 0 bridgehead atoms. The predicted octanol–water partition coefficient (Wildman–Crippen LogP) is 2.95. The molecule has 1 aliphatic carbocycles. The lowest BCUT2D eigenvalue weighted by molar-refractivity contribution is 0.0925. The number of aromatic nitrogens is 1. The number of nitrogens with one attached hydrogen (secondary N) is 1. The first-order valence-corrected chi connectivity index (χ1v) is 7.94. The zero-order valence-corrected chi connectivity index (χ0v) is 12.5. The lowest BCUT2D eigenvalue weighted by atomic mass is 9.92. The molecule has 0 spiro atoms. The van der Waals surface area contributed by atoms with Gasteiger partial charge in [-0.3, -0.25) is 4.79 Å². The number of halogens is 1. The summed E-state index contributed by atoms with van der Waals surface area (Å²) in [6.45, 7) is 0. The Morgan fingerprint density at radius 3 is 2.85 bits per heavy atom. The van der Waals surface area contributed by atoms with Crippen molar-refractivity contribution in [3.8, 4) is 0 Å². The van der Waals surface area contributed by atoms with Gasteiger partial charge in [-0.05, 0) is 43.9 Å². The summed E-state index contributed by atoms with van der Waals surface area (Å²) in [5, 5.41) is 4.21. The second kappa shape index (κ2) is 5.68. The number of hydrogen-bond donors (Lipinski definition) is 2. The van der Waals surface area contributed by atoms with Crippen LogP contribution in [-0.4, -0.2) is 23.0 Å². The molecule has 1 saturated carbocycles. The molecule has 1 aromatic heterocycles. The minimum Gasteiger partial charge on any atom is -0.347 e. The van der Waals surface area contributed by atoms with Crippen molar-refractivity contribution >= 4 is 39.1 Å². The van der Waals surface area contributed by atoms with E-state index >= 15 is 0 Å². The van der Waals surface area contributed by atoms with Crippen molar-refractivity contribution in [2.24, 2.45) is 5.73 Å². The molecule has 1 aromatic carbocycles. The largest absolute Gasteiger partial charge is 0.347 e. The molecule has 3 N–H and O–H groups in total. The van der Waals surface area contributed by atoms with Crippen LogP contribution in [0.5, 0.6) is 0 Å². The highest BCUT2D eigenvalue weighted by Gasteiger charge is 2.22. The van der Waals surface area contributed by atoms with Gasteiger partial charge in [-0.1, -0.05) is 11.6 Å². The van der Waals surface area contributed by atoms with Crippen LogP contribution in [0.4, 0.5) is 0 Å². The zero-order valence-electron chi connectivity index (χ0n) is 10.9. The number of nitrogens with zero attached hydrogens (tertiary/aromatic N) is 1. The zero-order chi connectivity index (χ0) is 14.1. The predicted molar refractivity (Wildman–Crippen MR) is 82.3 cm³/mol. The van der Waals surface area contributed by atoms with E-state index in [2.05, 4.69) is 10.3 Å². The number of carbonyl (C=O) groups excluding carboxylic acids is 1. The van der Waals surface area contributed by atoms with Gasteiger partial charge >= 0.3 is 0 Å². The first kappa shape index (κ1) is 13.8. The summed E-state index contributed by atoms with van der Waals surface area (Å²) >= 11 is 7.32. The van der Waals surface area contributed by atoms with Gasteiger partial charge in [0.1, 0.15) is 0 Å². The summed E-state index contributed by atoms with van der Waals surface area (Å²) in [7, 11) is 0. The van der Waals surface area contributed by atoms with Crippen LogP contribution in [0.3, 0.4) is 0 Å². The Bertz CT molecular complexity index is 634. The lowest BCUT2D eigenvalue weighted by Crippen LogP contribution is -2.40. The third-order valence-corrected chi connectivity index (χ3v) is 4.90. The molecule has 1 fully saturated rings. The highest BCUT2D eigenvalue weighted by atomic mass is 35.5. The third-order valence-electron chi connectivity index (χ3n) is 3.65. The monoisotopic (exact) mass is 309 g/mol. The first-order valence-electron chi connectivity index (χ1n) is 6.74. The molecule has 0 atom stereocenters. The molecule has 3 rings (SSSR count). The van der Waals surface area contributed by atoms with Crippen LogP contribution in [0, 0.1) is 0 Å². The molecule has 0 radical (unpaired) electrons. The molecule has 1 amide bonds. The fraction of sp³-hybridized carbons (Fsp3) is 0.429. The van der Waals surface area contributed by atoms with Gasteiger partial charge in [-0.25, -0.2) is 4.98 Å². The number of fused-ring (bicyclic) bond motifs is 1. The summed E-state index contributed by atoms with van der Waals surface area (Å²) in [4.78, 5) is 16.6. The topological polar surface area (TPSA) is 68.0 Å². The van der Waals surface area contributed by atoms with Gasteiger partial charge in [0, 0.05) is 17.1 Å². The normalized spacial score (nSPS) is 22.9. The van der Waals surface area contributed by atoms with Gasteiger partial charge in [0.15, 0.2) is 5.01 Å². The van der Waals surface area contributed by atoms with Crippen LogP contribution >= 0.6 is 22.9 Å². The van der Waals surface area contributed by atoms with Crippen LogP contribution in [0.1, 0.15) is 35.5 Å². The number of thiazole rings is 1. The van der Waals surface area contributed by atoms with E-state index in [9.17, 15) is 4.79 Å². The summed E-state index contributed by atoms with van der Waals surface area (Å²) in [6, 6.07) is 5.97. The molecule has 2 aromatic rings. The third kappa shape index (κ3) is 2.95. The Hall–Kier alpha value is -1.17. The maximum atomic E-state index is 12.2. The van der Waals surface area contributed by atoms with E-state index in [0.717, 1.165) is 35.9 Å². The van der Waals surface area contributed by atoms with E-state index in [1.54, 1.807) is 6.07 Å². The molecular formula is C14H16ClN3OS. The van der Waals surface area contributed by atoms with Gasteiger partial charge in [-0.2, -0.15) is 0 Å². The Kier molecular flexibility index (Phi) is 3.92. The average Bonchev–Trinajstić information content (AvgIpc) is 2.84. The molecular weight excluding hydrogens is 294 g/mol. The molecule has 106 valence electrons. The van der Waals surface area contributed by atoms with Crippen LogP contribution < -0.4 is 11.1 Å². The van der Waals surface area contributed by atoms with E-state index in [-0.39, 0.29) is 18.0 Å². The van der Waals surface area contributed by atoms with E-state index in [4.69, 9.17) is 17.3 Å². The number of amides is 1. The van der Waals surface area contributed by atoms with Crippen molar-refractivity contribution in [3.05, 3.63) is 28.2 Å². The summed E-state index contributed by atoms with van der Waals surface area (Å²) in [6.07, 6.45) is 3.84. The van der Waals surface area contributed by atoms with Crippen LogP contribution in [0.2, 0.25) is 5.02 Å². The molecule has 1 heterocycles. The quantitative estimate of drug-likeness (QED) is 0.896. The van der Waals surface area contributed by atoms with Crippen LogP contribution in [0.15, 0.2) is 18.2 Å². The second-order valence-corrected chi connectivity index (χ2v) is 6.68. The van der Waals surface area contributed by atoms with Crippen molar-refractivity contribution in [2.45, 2.75) is 37.8 Å². The molecule has 0 saturated heterocycles. The average molecular weight is 310 g/mol. The molecule has 0 aliphatic heterocycles. The van der Waals surface area contributed by atoms with Crippen molar-refractivity contribution < 1.29 is 4.79 Å². The number of carbonyl (C=O) groups is 1. The van der Waals surface area contributed by atoms with E-state index in [0.29, 0.717) is 10.0 Å².